The van der Waals surface area contributed by atoms with E-state index >= 15 is 0 Å². The van der Waals surface area contributed by atoms with Crippen LogP contribution in [0.15, 0.2) is 48.7 Å². The lowest BCUT2D eigenvalue weighted by Gasteiger charge is -2.37. The Balaban J connectivity index is 1.55. The predicted octanol–water partition coefficient (Wildman–Crippen LogP) is 6.66. The summed E-state index contributed by atoms with van der Waals surface area (Å²) in [5.74, 6) is -0.559. The number of methoxy groups -OCH3 is 1. The first-order chi connectivity index (χ1) is 18.8. The van der Waals surface area contributed by atoms with Gasteiger partial charge in [-0.3, -0.25) is 4.79 Å². The molecule has 3 N–H and O–H groups in total. The van der Waals surface area contributed by atoms with E-state index in [1.807, 2.05) is 31.3 Å². The molecule has 6 nitrogen and oxygen atoms in total. The van der Waals surface area contributed by atoms with Crippen LogP contribution in [0.5, 0.6) is 5.75 Å². The van der Waals surface area contributed by atoms with Crippen molar-refractivity contribution >= 4 is 44.7 Å². The zero-order valence-electron chi connectivity index (χ0n) is 21.6. The fourth-order valence-corrected chi connectivity index (χ4v) is 6.75. The number of carbonyl (C=O) groups is 1. The van der Waals surface area contributed by atoms with Gasteiger partial charge in [-0.1, -0.05) is 17.7 Å². The second kappa shape index (κ2) is 11.5. The summed E-state index contributed by atoms with van der Waals surface area (Å²) in [7, 11) is 3.53. The summed E-state index contributed by atoms with van der Waals surface area (Å²) >= 11 is 7.43. The van der Waals surface area contributed by atoms with E-state index in [-0.39, 0.29) is 38.5 Å². The standard InChI is InChI=1S/C29H29ClF2N4O2S/c1-34-19-5-7-20(8-6-19)36(29(37)28-26(30)25-21(31)9-10-22(32)27(25)39-28)15-18-13-16(3-11-23(18)38-2)17-4-12-24(33)35-14-17/h3-4,9-14,19-20,34H,5-8,15H2,1-2H3,(H2,33,35)/t19-,20-. The summed E-state index contributed by atoms with van der Waals surface area (Å²) in [5, 5.41) is 3.21. The molecule has 1 amide bonds. The Morgan fingerprint density at radius 1 is 1.13 bits per heavy atom. The third kappa shape index (κ3) is 5.44. The van der Waals surface area contributed by atoms with Gasteiger partial charge in [0.15, 0.2) is 0 Å². The molecule has 0 spiro atoms. The van der Waals surface area contributed by atoms with Crippen LogP contribution in [0.3, 0.4) is 0 Å². The van der Waals surface area contributed by atoms with Crippen LogP contribution >= 0.6 is 22.9 Å². The highest BCUT2D eigenvalue weighted by molar-refractivity contribution is 7.21. The number of carbonyl (C=O) groups excluding carboxylic acids is 1. The highest BCUT2D eigenvalue weighted by atomic mass is 35.5. The molecule has 2 heterocycles. The molecule has 1 saturated carbocycles. The Morgan fingerprint density at radius 2 is 1.85 bits per heavy atom. The highest BCUT2D eigenvalue weighted by Gasteiger charge is 2.33. The largest absolute Gasteiger partial charge is 0.496 e. The molecule has 4 aromatic rings. The second-order valence-electron chi connectivity index (χ2n) is 9.70. The lowest BCUT2D eigenvalue weighted by atomic mass is 9.89. The average molecular weight is 571 g/mol. The third-order valence-electron chi connectivity index (χ3n) is 7.42. The minimum atomic E-state index is -0.653. The van der Waals surface area contributed by atoms with Gasteiger partial charge in [-0.25, -0.2) is 13.8 Å². The lowest BCUT2D eigenvalue weighted by Crippen LogP contribution is -2.44. The maximum atomic E-state index is 14.6. The Kier molecular flexibility index (Phi) is 8.02. The molecule has 0 bridgehead atoms. The number of nitrogens with one attached hydrogen (secondary N) is 1. The molecular formula is C29H29ClF2N4O2S. The van der Waals surface area contributed by atoms with E-state index in [2.05, 4.69) is 10.3 Å². The number of nitrogens with zero attached hydrogens (tertiary/aromatic N) is 2. The zero-order valence-corrected chi connectivity index (χ0v) is 23.2. The van der Waals surface area contributed by atoms with Crippen LogP contribution in [-0.4, -0.2) is 42.0 Å². The van der Waals surface area contributed by atoms with Gasteiger partial charge in [0.2, 0.25) is 0 Å². The molecule has 204 valence electrons. The number of anilines is 1. The molecule has 1 aliphatic carbocycles. The number of rotatable bonds is 7. The minimum Gasteiger partial charge on any atom is -0.496 e. The first-order valence-corrected chi connectivity index (χ1v) is 13.9. The van der Waals surface area contributed by atoms with Crippen LogP contribution in [0.4, 0.5) is 14.6 Å². The minimum absolute atomic E-state index is 0.0395. The van der Waals surface area contributed by atoms with Gasteiger partial charge >= 0.3 is 0 Å². The van der Waals surface area contributed by atoms with Crippen LogP contribution in [0, 0.1) is 11.6 Å². The molecular weight excluding hydrogens is 542 g/mol. The molecule has 5 rings (SSSR count). The van der Waals surface area contributed by atoms with E-state index in [0.29, 0.717) is 17.6 Å². The molecule has 2 aromatic carbocycles. The van der Waals surface area contributed by atoms with Gasteiger partial charge in [-0.15, -0.1) is 11.3 Å². The molecule has 1 aliphatic rings. The second-order valence-corrected chi connectivity index (χ2v) is 11.1. The Hall–Kier alpha value is -3.27. The van der Waals surface area contributed by atoms with Crippen molar-refractivity contribution in [1.82, 2.24) is 15.2 Å². The van der Waals surface area contributed by atoms with E-state index in [4.69, 9.17) is 22.1 Å². The molecule has 10 heteroatoms. The number of hydrogen-bond donors (Lipinski definition) is 2. The predicted molar refractivity (Wildman–Crippen MR) is 152 cm³/mol. The van der Waals surface area contributed by atoms with Crippen molar-refractivity contribution in [3.63, 3.8) is 0 Å². The molecule has 0 saturated heterocycles. The molecule has 0 aliphatic heterocycles. The van der Waals surface area contributed by atoms with Gasteiger partial charge < -0.3 is 20.7 Å². The normalized spacial score (nSPS) is 17.4. The quantitative estimate of drug-likeness (QED) is 0.260. The number of benzene rings is 2. The maximum Gasteiger partial charge on any atom is 0.266 e. The van der Waals surface area contributed by atoms with E-state index in [1.54, 1.807) is 24.3 Å². The van der Waals surface area contributed by atoms with Crippen molar-refractivity contribution in [1.29, 1.82) is 0 Å². The summed E-state index contributed by atoms with van der Waals surface area (Å²) < 4.78 is 34.9. The number of nitrogen functional groups attached to an aromatic ring is 1. The Morgan fingerprint density at radius 3 is 2.49 bits per heavy atom. The first-order valence-electron chi connectivity index (χ1n) is 12.7. The van der Waals surface area contributed by atoms with Crippen LogP contribution in [-0.2, 0) is 6.54 Å². The van der Waals surface area contributed by atoms with Gasteiger partial charge in [0.05, 0.1) is 22.2 Å². The fourth-order valence-electron chi connectivity index (χ4n) is 5.25. The highest BCUT2D eigenvalue weighted by Crippen LogP contribution is 2.40. The molecule has 1 fully saturated rings. The van der Waals surface area contributed by atoms with Crippen molar-refractivity contribution in [3.8, 4) is 16.9 Å². The Bertz CT molecular complexity index is 1500. The number of aromatic nitrogens is 1. The monoisotopic (exact) mass is 570 g/mol. The van der Waals surface area contributed by atoms with Gasteiger partial charge in [0.25, 0.3) is 5.91 Å². The number of nitrogens with two attached hydrogens (primary N) is 1. The van der Waals surface area contributed by atoms with E-state index in [9.17, 15) is 13.6 Å². The van der Waals surface area contributed by atoms with Crippen LogP contribution < -0.4 is 15.8 Å². The summed E-state index contributed by atoms with van der Waals surface area (Å²) in [6, 6.07) is 11.8. The molecule has 0 unspecified atom stereocenters. The number of thiophene rings is 1. The van der Waals surface area contributed by atoms with E-state index in [1.165, 1.54) is 0 Å². The summed E-state index contributed by atoms with van der Waals surface area (Å²) in [6.07, 6.45) is 5.08. The first kappa shape index (κ1) is 27.3. The number of fused-ring (bicyclic) bond motifs is 1. The fraction of sp³-hybridized carbons (Fsp3) is 0.310. The van der Waals surface area contributed by atoms with Crippen LogP contribution in [0.1, 0.15) is 40.9 Å². The number of halogens is 3. The Labute approximate surface area is 234 Å². The molecule has 0 atom stereocenters. The van der Waals surface area contributed by atoms with Crippen molar-refractivity contribution < 1.29 is 18.3 Å². The smallest absolute Gasteiger partial charge is 0.266 e. The number of hydrogen-bond acceptors (Lipinski definition) is 6. The summed E-state index contributed by atoms with van der Waals surface area (Å²) in [6.45, 7) is 0.239. The molecule has 0 radical (unpaired) electrons. The van der Waals surface area contributed by atoms with Crippen LogP contribution in [0.25, 0.3) is 21.2 Å². The van der Waals surface area contributed by atoms with Crippen molar-refractivity contribution in [2.75, 3.05) is 19.9 Å². The van der Waals surface area contributed by atoms with E-state index in [0.717, 1.165) is 65.8 Å². The topological polar surface area (TPSA) is 80.5 Å². The number of ether oxygens (including phenoxy) is 1. The number of pyridine rings is 1. The van der Waals surface area contributed by atoms with Crippen molar-refractivity contribution in [2.24, 2.45) is 0 Å². The molecule has 39 heavy (non-hydrogen) atoms. The zero-order chi connectivity index (χ0) is 27.7. The third-order valence-corrected chi connectivity index (χ3v) is 9.10. The average Bonchev–Trinajstić information content (AvgIpc) is 3.32. The molecule has 2 aromatic heterocycles. The maximum absolute atomic E-state index is 14.6. The van der Waals surface area contributed by atoms with Gasteiger partial charge in [0, 0.05) is 36.0 Å². The van der Waals surface area contributed by atoms with Gasteiger partial charge in [0.1, 0.15) is 28.1 Å². The summed E-state index contributed by atoms with van der Waals surface area (Å²) in [5.41, 5.74) is 8.33. The van der Waals surface area contributed by atoms with Crippen molar-refractivity contribution in [2.45, 2.75) is 44.3 Å². The van der Waals surface area contributed by atoms with Gasteiger partial charge in [-0.05, 0) is 74.7 Å². The SMILES string of the molecule is CN[C@H]1CC[C@H](N(Cc2cc(-c3ccc(N)nc3)ccc2OC)C(=O)c2sc3c(F)ccc(F)c3c2Cl)CC1. The van der Waals surface area contributed by atoms with Gasteiger partial charge in [-0.2, -0.15) is 0 Å². The summed E-state index contributed by atoms with van der Waals surface area (Å²) in [4.78, 5) is 20.2. The number of amides is 1. The van der Waals surface area contributed by atoms with Crippen LogP contribution in [0.2, 0.25) is 5.02 Å². The lowest BCUT2D eigenvalue weighted by molar-refractivity contribution is 0.0604. The van der Waals surface area contributed by atoms with Crippen molar-refractivity contribution in [3.05, 3.63) is 75.8 Å². The van der Waals surface area contributed by atoms with E-state index < -0.39 is 11.6 Å².